The number of halogens is 1. The van der Waals surface area contributed by atoms with E-state index < -0.39 is 0 Å². The normalized spacial score (nSPS) is 12.5. The number of nitrogens with one attached hydrogen (secondary N) is 1. The number of hydrogen-bond donors (Lipinski definition) is 1. The monoisotopic (exact) mass is 367 g/mol. The lowest BCUT2D eigenvalue weighted by molar-refractivity contribution is 0.173. The molecule has 4 heteroatoms. The van der Waals surface area contributed by atoms with Crippen molar-refractivity contribution in [3.63, 3.8) is 0 Å². The van der Waals surface area contributed by atoms with E-state index in [-0.39, 0.29) is 0 Å². The number of para-hydroxylation sites is 1. The maximum atomic E-state index is 5.50. The molecule has 0 atom stereocenters. The Kier molecular flexibility index (Phi) is 3.50. The summed E-state index contributed by atoms with van der Waals surface area (Å²) < 4.78 is 12.1. The number of anilines is 1. The van der Waals surface area contributed by atoms with Crippen LogP contribution in [0.3, 0.4) is 0 Å². The topological polar surface area (TPSA) is 30.5 Å². The average molecular weight is 367 g/mol. The van der Waals surface area contributed by atoms with Crippen molar-refractivity contribution in [1.29, 1.82) is 0 Å². The third-order valence-corrected chi connectivity index (χ3v) is 3.81. The molecule has 0 spiro atoms. The lowest BCUT2D eigenvalue weighted by Crippen LogP contribution is -2.02. The minimum absolute atomic E-state index is 0.314. The van der Waals surface area contributed by atoms with Crippen molar-refractivity contribution in [2.45, 2.75) is 13.5 Å². The number of hydrogen-bond acceptors (Lipinski definition) is 3. The first kappa shape index (κ1) is 12.6. The van der Waals surface area contributed by atoms with Gasteiger partial charge in [0.15, 0.2) is 11.5 Å². The van der Waals surface area contributed by atoms with E-state index in [9.17, 15) is 0 Å². The zero-order valence-corrected chi connectivity index (χ0v) is 12.7. The summed E-state index contributed by atoms with van der Waals surface area (Å²) in [7, 11) is 0. The summed E-state index contributed by atoms with van der Waals surface area (Å²) >= 11 is 2.32. The van der Waals surface area contributed by atoms with Crippen LogP contribution in [0.2, 0.25) is 0 Å². The second-order valence-corrected chi connectivity index (χ2v) is 5.71. The van der Waals surface area contributed by atoms with Crippen LogP contribution in [-0.2, 0) is 6.54 Å². The van der Waals surface area contributed by atoms with E-state index in [0.29, 0.717) is 6.79 Å². The summed E-state index contributed by atoms with van der Waals surface area (Å²) in [5, 5.41) is 3.45. The van der Waals surface area contributed by atoms with Gasteiger partial charge in [0, 0.05) is 21.4 Å². The Morgan fingerprint density at radius 1 is 1.21 bits per heavy atom. The molecule has 0 saturated carbocycles. The van der Waals surface area contributed by atoms with Crippen molar-refractivity contribution in [3.8, 4) is 11.5 Å². The van der Waals surface area contributed by atoms with Crippen molar-refractivity contribution in [2.24, 2.45) is 0 Å². The Labute approximate surface area is 126 Å². The zero-order valence-electron chi connectivity index (χ0n) is 10.6. The standard InChI is InChI=1S/C15H14INO2/c1-10-7-12(16)5-6-13(10)17-8-11-3-2-4-14-15(11)19-9-18-14/h2-7,17H,8-9H2,1H3. The smallest absolute Gasteiger partial charge is 0.231 e. The van der Waals surface area contributed by atoms with Crippen molar-refractivity contribution in [2.75, 3.05) is 12.1 Å². The lowest BCUT2D eigenvalue weighted by Gasteiger charge is -2.11. The number of benzene rings is 2. The molecule has 98 valence electrons. The van der Waals surface area contributed by atoms with Crippen LogP contribution < -0.4 is 14.8 Å². The van der Waals surface area contributed by atoms with Crippen LogP contribution in [0, 0.1) is 10.5 Å². The molecule has 1 aliphatic rings. The Morgan fingerprint density at radius 3 is 2.95 bits per heavy atom. The number of ether oxygens (including phenoxy) is 2. The summed E-state index contributed by atoms with van der Waals surface area (Å²) in [5.74, 6) is 1.69. The lowest BCUT2D eigenvalue weighted by atomic mass is 10.1. The first-order valence-corrected chi connectivity index (χ1v) is 7.19. The highest BCUT2D eigenvalue weighted by atomic mass is 127. The van der Waals surface area contributed by atoms with Gasteiger partial charge in [0.25, 0.3) is 0 Å². The SMILES string of the molecule is Cc1cc(I)ccc1NCc1cccc2c1OCO2. The molecule has 1 aliphatic heterocycles. The molecule has 0 aliphatic carbocycles. The molecular weight excluding hydrogens is 353 g/mol. The Bertz CT molecular complexity index is 613. The molecule has 0 bridgehead atoms. The van der Waals surface area contributed by atoms with Crippen LogP contribution in [0.1, 0.15) is 11.1 Å². The molecule has 1 heterocycles. The molecule has 0 amide bonds. The van der Waals surface area contributed by atoms with Crippen LogP contribution in [0.4, 0.5) is 5.69 Å². The fourth-order valence-corrected chi connectivity index (χ4v) is 2.79. The minimum atomic E-state index is 0.314. The molecule has 0 aromatic heterocycles. The van der Waals surface area contributed by atoms with E-state index in [2.05, 4.69) is 59.1 Å². The van der Waals surface area contributed by atoms with E-state index in [4.69, 9.17) is 9.47 Å². The van der Waals surface area contributed by atoms with Crippen LogP contribution in [0.25, 0.3) is 0 Å². The third kappa shape index (κ3) is 2.63. The molecule has 19 heavy (non-hydrogen) atoms. The van der Waals surface area contributed by atoms with Crippen molar-refractivity contribution in [3.05, 3.63) is 51.1 Å². The van der Waals surface area contributed by atoms with Crippen molar-refractivity contribution < 1.29 is 9.47 Å². The van der Waals surface area contributed by atoms with Gasteiger partial charge in [0.2, 0.25) is 6.79 Å². The predicted octanol–water partition coefficient (Wildman–Crippen LogP) is 3.94. The first-order chi connectivity index (χ1) is 9.24. The van der Waals surface area contributed by atoms with Gasteiger partial charge in [-0.2, -0.15) is 0 Å². The Hall–Kier alpha value is -1.43. The minimum Gasteiger partial charge on any atom is -0.454 e. The van der Waals surface area contributed by atoms with E-state index in [0.717, 1.165) is 29.3 Å². The van der Waals surface area contributed by atoms with E-state index in [1.807, 2.05) is 12.1 Å². The second-order valence-electron chi connectivity index (χ2n) is 4.46. The largest absolute Gasteiger partial charge is 0.454 e. The molecule has 2 aromatic carbocycles. The number of rotatable bonds is 3. The van der Waals surface area contributed by atoms with Gasteiger partial charge in [0.05, 0.1) is 0 Å². The highest BCUT2D eigenvalue weighted by Crippen LogP contribution is 2.35. The Balaban J connectivity index is 1.78. The molecule has 3 nitrogen and oxygen atoms in total. The summed E-state index contributed by atoms with van der Waals surface area (Å²) in [6, 6.07) is 12.4. The Morgan fingerprint density at radius 2 is 2.11 bits per heavy atom. The number of aryl methyl sites for hydroxylation is 1. The first-order valence-electron chi connectivity index (χ1n) is 6.11. The molecule has 0 radical (unpaired) electrons. The van der Waals surface area contributed by atoms with E-state index >= 15 is 0 Å². The molecule has 0 fully saturated rings. The van der Waals surface area contributed by atoms with Gasteiger partial charge in [-0.05, 0) is 59.3 Å². The van der Waals surface area contributed by atoms with Crippen molar-refractivity contribution >= 4 is 28.3 Å². The maximum Gasteiger partial charge on any atom is 0.231 e. The van der Waals surface area contributed by atoms with Gasteiger partial charge >= 0.3 is 0 Å². The molecule has 0 unspecified atom stereocenters. The zero-order chi connectivity index (χ0) is 13.2. The van der Waals surface area contributed by atoms with Crippen LogP contribution in [0.5, 0.6) is 11.5 Å². The van der Waals surface area contributed by atoms with Gasteiger partial charge < -0.3 is 14.8 Å². The predicted molar refractivity (Wildman–Crippen MR) is 83.8 cm³/mol. The van der Waals surface area contributed by atoms with Crippen molar-refractivity contribution in [1.82, 2.24) is 0 Å². The van der Waals surface area contributed by atoms with E-state index in [1.54, 1.807) is 0 Å². The number of fused-ring (bicyclic) bond motifs is 1. The maximum absolute atomic E-state index is 5.50. The molecule has 2 aromatic rings. The molecule has 1 N–H and O–H groups in total. The summed E-state index contributed by atoms with van der Waals surface area (Å²) in [6.07, 6.45) is 0. The van der Waals surface area contributed by atoms with Gasteiger partial charge in [-0.3, -0.25) is 0 Å². The van der Waals surface area contributed by atoms with Crippen LogP contribution in [-0.4, -0.2) is 6.79 Å². The second kappa shape index (κ2) is 5.28. The summed E-state index contributed by atoms with van der Waals surface area (Å²) in [5.41, 5.74) is 3.52. The van der Waals surface area contributed by atoms with E-state index in [1.165, 1.54) is 9.13 Å². The summed E-state index contributed by atoms with van der Waals surface area (Å²) in [4.78, 5) is 0. The third-order valence-electron chi connectivity index (χ3n) is 3.14. The average Bonchev–Trinajstić information content (AvgIpc) is 2.86. The molecule has 3 rings (SSSR count). The fraction of sp³-hybridized carbons (Fsp3) is 0.200. The van der Waals surface area contributed by atoms with Gasteiger partial charge in [-0.15, -0.1) is 0 Å². The molecular formula is C15H14INO2. The quantitative estimate of drug-likeness (QED) is 0.834. The molecule has 0 saturated heterocycles. The van der Waals surface area contributed by atoms with Gasteiger partial charge in [-0.1, -0.05) is 12.1 Å². The highest BCUT2D eigenvalue weighted by Gasteiger charge is 2.16. The van der Waals surface area contributed by atoms with Gasteiger partial charge in [-0.25, -0.2) is 0 Å². The fourth-order valence-electron chi connectivity index (χ4n) is 2.15. The van der Waals surface area contributed by atoms with Crippen LogP contribution in [0.15, 0.2) is 36.4 Å². The highest BCUT2D eigenvalue weighted by molar-refractivity contribution is 14.1. The van der Waals surface area contributed by atoms with Gasteiger partial charge in [0.1, 0.15) is 0 Å². The van der Waals surface area contributed by atoms with Crippen LogP contribution >= 0.6 is 22.6 Å². The summed E-state index contributed by atoms with van der Waals surface area (Å²) in [6.45, 7) is 3.16.